The molecule has 1 unspecified atom stereocenters. The summed E-state index contributed by atoms with van der Waals surface area (Å²) >= 11 is 12.0. The summed E-state index contributed by atoms with van der Waals surface area (Å²) in [7, 11) is 0. The second-order valence-electron chi connectivity index (χ2n) is 4.81. The van der Waals surface area contributed by atoms with Gasteiger partial charge >= 0.3 is 13.2 Å². The van der Waals surface area contributed by atoms with Crippen LogP contribution >= 0.6 is 23.2 Å². The molecule has 0 amide bonds. The summed E-state index contributed by atoms with van der Waals surface area (Å²) in [6.45, 7) is -6.46. The molecule has 1 aromatic carbocycles. The quantitative estimate of drug-likeness (QED) is 0.705. The first-order valence-corrected chi connectivity index (χ1v) is 7.59. The van der Waals surface area contributed by atoms with Crippen LogP contribution in [0.3, 0.4) is 0 Å². The maximum absolute atomic E-state index is 12.5. The summed E-state index contributed by atoms with van der Waals surface area (Å²) in [5.41, 5.74) is 0.566. The number of halogens is 6. The molecule has 136 valence electrons. The summed E-state index contributed by atoms with van der Waals surface area (Å²) in [5.74, 6) is -1.19. The minimum Gasteiger partial charge on any atom is -0.431 e. The zero-order valence-corrected chi connectivity index (χ0v) is 13.9. The Morgan fingerprint density at radius 1 is 0.960 bits per heavy atom. The van der Waals surface area contributed by atoms with E-state index in [1.807, 2.05) is 0 Å². The van der Waals surface area contributed by atoms with E-state index in [2.05, 4.69) is 14.5 Å². The first-order valence-electron chi connectivity index (χ1n) is 6.83. The van der Waals surface area contributed by atoms with Crippen molar-refractivity contribution in [3.05, 3.63) is 51.8 Å². The third kappa shape index (κ3) is 5.35. The Labute approximate surface area is 149 Å². The molecule has 0 saturated carbocycles. The van der Waals surface area contributed by atoms with Gasteiger partial charge in [0.15, 0.2) is 23.9 Å². The zero-order chi connectivity index (χ0) is 18.6. The molecular weight excluding hydrogens is 389 g/mol. The van der Waals surface area contributed by atoms with Crippen molar-refractivity contribution >= 4 is 23.2 Å². The lowest BCUT2D eigenvalue weighted by Gasteiger charge is -2.16. The molecule has 1 aromatic heterocycles. The number of hydrogen-bond donors (Lipinski definition) is 1. The number of hydrogen-bond acceptors (Lipinski definition) is 3. The van der Waals surface area contributed by atoms with Gasteiger partial charge in [-0.1, -0.05) is 29.3 Å². The van der Waals surface area contributed by atoms with Gasteiger partial charge in [0.1, 0.15) is 10.0 Å². The van der Waals surface area contributed by atoms with Crippen molar-refractivity contribution in [3.63, 3.8) is 0 Å². The van der Waals surface area contributed by atoms with E-state index in [1.165, 1.54) is 18.5 Å². The topological polar surface area (TPSA) is 52.8 Å². The molecule has 0 saturated heterocycles. The lowest BCUT2D eigenvalue weighted by Crippen LogP contribution is -2.10. The van der Waals surface area contributed by atoms with Crippen LogP contribution in [0.25, 0.3) is 0 Å². The molecule has 0 aliphatic rings. The van der Waals surface area contributed by atoms with Crippen LogP contribution in [0.2, 0.25) is 10.0 Å². The van der Waals surface area contributed by atoms with Crippen molar-refractivity contribution < 1.29 is 37.1 Å². The van der Waals surface area contributed by atoms with Gasteiger partial charge < -0.3 is 14.6 Å². The summed E-state index contributed by atoms with van der Waals surface area (Å²) in [4.78, 5) is 2.70. The molecule has 2 aromatic rings. The van der Waals surface area contributed by atoms with E-state index in [0.29, 0.717) is 5.56 Å². The van der Waals surface area contributed by atoms with Crippen molar-refractivity contribution in [3.8, 4) is 11.5 Å². The maximum atomic E-state index is 12.5. The van der Waals surface area contributed by atoms with E-state index in [-0.39, 0.29) is 22.0 Å². The van der Waals surface area contributed by atoms with Crippen LogP contribution in [-0.4, -0.2) is 18.3 Å². The molecule has 1 heterocycles. The summed E-state index contributed by atoms with van der Waals surface area (Å²) in [6.07, 6.45) is 1.69. The molecule has 0 aliphatic heterocycles. The van der Waals surface area contributed by atoms with Gasteiger partial charge in [-0.15, -0.1) is 0 Å². The minimum atomic E-state index is -3.25. The number of aromatic amines is 1. The van der Waals surface area contributed by atoms with E-state index in [9.17, 15) is 22.7 Å². The molecule has 2 N–H and O–H groups in total. The van der Waals surface area contributed by atoms with Gasteiger partial charge in [-0.3, -0.25) is 0 Å². The summed E-state index contributed by atoms with van der Waals surface area (Å²) < 4.78 is 57.9. The monoisotopic (exact) mass is 400 g/mol. The zero-order valence-electron chi connectivity index (χ0n) is 12.4. The van der Waals surface area contributed by atoms with Crippen LogP contribution in [0.5, 0.6) is 11.5 Å². The predicted molar refractivity (Wildman–Crippen MR) is 81.4 cm³/mol. The number of aliphatic hydroxyl groups excluding tert-OH is 1. The number of aromatic nitrogens is 1. The average molecular weight is 401 g/mol. The fourth-order valence-corrected chi connectivity index (χ4v) is 2.63. The highest BCUT2D eigenvalue weighted by atomic mass is 35.5. The highest BCUT2D eigenvalue weighted by Crippen LogP contribution is 2.35. The molecule has 0 bridgehead atoms. The molecule has 0 aliphatic carbocycles. The Morgan fingerprint density at radius 3 is 2.08 bits per heavy atom. The number of aliphatic hydroxyl groups is 1. The lowest BCUT2D eigenvalue weighted by molar-refractivity contribution is -0.377. The summed E-state index contributed by atoms with van der Waals surface area (Å²) in [5, 5.41) is 10.8. The summed E-state index contributed by atoms with van der Waals surface area (Å²) in [6, 6.07) is 3.24. The second kappa shape index (κ2) is 8.55. The van der Waals surface area contributed by atoms with Crippen molar-refractivity contribution in [2.24, 2.45) is 0 Å². The predicted octanol–water partition coefficient (Wildman–Crippen LogP) is 4.29. The van der Waals surface area contributed by atoms with Crippen LogP contribution in [-0.2, 0) is 6.42 Å². The van der Waals surface area contributed by atoms with Crippen molar-refractivity contribution in [1.29, 1.82) is 0 Å². The molecule has 0 radical (unpaired) electrons. The maximum Gasteiger partial charge on any atom is 0.387 e. The number of benzene rings is 1. The number of H-pyrrole nitrogens is 1. The molecular formula is C15H12Cl2F4NO3+. The van der Waals surface area contributed by atoms with Crippen LogP contribution in [0.15, 0.2) is 30.6 Å². The standard InChI is InChI=1S/C15H11Cl2F4NO3/c16-9-5-22-6-10(17)8(9)4-11(23)7-1-2-12(24-14(18)19)13(3-7)25-15(20)21/h1-3,5-6,11,14-15,23H,4H2/p+1. The first kappa shape index (κ1) is 19.6. The molecule has 10 heteroatoms. The SMILES string of the molecule is OC(Cc1c(Cl)c[nH+]cc1Cl)c1ccc(OC(F)F)c(OC(F)F)c1. The Kier molecular flexibility index (Phi) is 6.69. The third-order valence-electron chi connectivity index (χ3n) is 3.18. The van der Waals surface area contributed by atoms with Crippen molar-refractivity contribution in [2.75, 3.05) is 0 Å². The van der Waals surface area contributed by atoms with E-state index in [0.717, 1.165) is 12.1 Å². The average Bonchev–Trinajstić information content (AvgIpc) is 2.51. The third-order valence-corrected chi connectivity index (χ3v) is 3.85. The number of rotatable bonds is 7. The first-order chi connectivity index (χ1) is 11.8. The molecule has 25 heavy (non-hydrogen) atoms. The van der Waals surface area contributed by atoms with Crippen LogP contribution < -0.4 is 14.5 Å². The van der Waals surface area contributed by atoms with Gasteiger partial charge in [-0.25, -0.2) is 4.98 Å². The van der Waals surface area contributed by atoms with Gasteiger partial charge in [0.05, 0.1) is 6.10 Å². The van der Waals surface area contributed by atoms with E-state index in [1.54, 1.807) is 0 Å². The van der Waals surface area contributed by atoms with Gasteiger partial charge in [-0.2, -0.15) is 17.6 Å². The largest absolute Gasteiger partial charge is 0.431 e. The number of alkyl halides is 4. The van der Waals surface area contributed by atoms with Crippen LogP contribution in [0, 0.1) is 0 Å². The Hall–Kier alpha value is -1.77. The van der Waals surface area contributed by atoms with Gasteiger partial charge in [0.25, 0.3) is 0 Å². The van der Waals surface area contributed by atoms with Crippen molar-refractivity contribution in [2.45, 2.75) is 25.7 Å². The van der Waals surface area contributed by atoms with Gasteiger partial charge in [0, 0.05) is 12.0 Å². The Morgan fingerprint density at radius 2 is 1.52 bits per heavy atom. The molecule has 4 nitrogen and oxygen atoms in total. The highest BCUT2D eigenvalue weighted by Gasteiger charge is 2.20. The fraction of sp³-hybridized carbons (Fsp3) is 0.267. The normalized spacial score (nSPS) is 12.5. The smallest absolute Gasteiger partial charge is 0.387 e. The molecule has 1 atom stereocenters. The highest BCUT2D eigenvalue weighted by molar-refractivity contribution is 6.35. The van der Waals surface area contributed by atoms with Crippen LogP contribution in [0.1, 0.15) is 17.2 Å². The fourth-order valence-electron chi connectivity index (χ4n) is 2.10. The van der Waals surface area contributed by atoms with E-state index >= 15 is 0 Å². The number of nitrogens with one attached hydrogen (secondary N) is 1. The minimum absolute atomic E-state index is 0.0322. The Balaban J connectivity index is 2.28. The van der Waals surface area contributed by atoms with Gasteiger partial charge in [-0.05, 0) is 17.7 Å². The molecule has 0 fully saturated rings. The second-order valence-corrected chi connectivity index (χ2v) is 5.63. The molecule has 2 rings (SSSR count). The number of pyridine rings is 1. The Bertz CT molecular complexity index is 714. The molecule has 0 spiro atoms. The lowest BCUT2D eigenvalue weighted by atomic mass is 10.0. The van der Waals surface area contributed by atoms with E-state index in [4.69, 9.17) is 23.2 Å². The number of ether oxygens (including phenoxy) is 2. The van der Waals surface area contributed by atoms with Crippen LogP contribution in [0.4, 0.5) is 17.6 Å². The van der Waals surface area contributed by atoms with Gasteiger partial charge in [0.2, 0.25) is 0 Å². The van der Waals surface area contributed by atoms with Crippen molar-refractivity contribution in [1.82, 2.24) is 0 Å². The van der Waals surface area contributed by atoms with E-state index < -0.39 is 30.8 Å².